The van der Waals surface area contributed by atoms with Crippen LogP contribution in [0.5, 0.6) is 0 Å². The van der Waals surface area contributed by atoms with Crippen LogP contribution in [0.4, 0.5) is 11.4 Å². The quantitative estimate of drug-likeness (QED) is 0.631. The van der Waals surface area contributed by atoms with Gasteiger partial charge < -0.3 is 15.1 Å². The Bertz CT molecular complexity index is 652. The van der Waals surface area contributed by atoms with E-state index >= 15 is 0 Å². The minimum Gasteiger partial charge on any atom is -0.369 e. The Morgan fingerprint density at radius 1 is 1.32 bits per heavy atom. The first-order valence-electron chi connectivity index (χ1n) is 8.93. The highest BCUT2D eigenvalue weighted by molar-refractivity contribution is 5.96. The molecule has 2 fully saturated rings. The molecule has 0 radical (unpaired) electrons. The summed E-state index contributed by atoms with van der Waals surface area (Å²) in [5.74, 6) is 0.314. The summed E-state index contributed by atoms with van der Waals surface area (Å²) in [7, 11) is 4.01. The Morgan fingerprint density at radius 3 is 2.60 bits per heavy atom. The van der Waals surface area contributed by atoms with Crippen molar-refractivity contribution >= 4 is 17.3 Å². The van der Waals surface area contributed by atoms with Crippen molar-refractivity contribution in [2.24, 2.45) is 5.92 Å². The second kappa shape index (κ2) is 7.39. The van der Waals surface area contributed by atoms with Gasteiger partial charge >= 0.3 is 0 Å². The molecule has 136 valence electrons. The van der Waals surface area contributed by atoms with Crippen molar-refractivity contribution in [3.63, 3.8) is 0 Å². The van der Waals surface area contributed by atoms with Gasteiger partial charge in [0.1, 0.15) is 5.69 Å². The van der Waals surface area contributed by atoms with Crippen LogP contribution in [-0.2, 0) is 0 Å². The number of hydrogen-bond acceptors (Lipinski definition) is 5. The molecule has 3 rings (SSSR count). The number of nitrogens with zero attached hydrogens (tertiary/aromatic N) is 3. The molecule has 0 spiro atoms. The fraction of sp³-hybridized carbons (Fsp3) is 0.611. The third-order valence-corrected chi connectivity index (χ3v) is 5.13. The van der Waals surface area contributed by atoms with Crippen molar-refractivity contribution in [2.45, 2.75) is 31.7 Å². The average molecular weight is 346 g/mol. The summed E-state index contributed by atoms with van der Waals surface area (Å²) in [6, 6.07) is 5.02. The minimum atomic E-state index is -0.394. The van der Waals surface area contributed by atoms with Gasteiger partial charge in [-0.1, -0.05) is 0 Å². The molecule has 1 aromatic carbocycles. The van der Waals surface area contributed by atoms with Crippen LogP contribution in [0.15, 0.2) is 18.2 Å². The van der Waals surface area contributed by atoms with E-state index in [4.69, 9.17) is 0 Å². The van der Waals surface area contributed by atoms with Crippen molar-refractivity contribution in [3.8, 4) is 0 Å². The van der Waals surface area contributed by atoms with Crippen LogP contribution in [0.2, 0.25) is 0 Å². The lowest BCUT2D eigenvalue weighted by molar-refractivity contribution is -0.384. The van der Waals surface area contributed by atoms with Crippen molar-refractivity contribution in [1.29, 1.82) is 0 Å². The summed E-state index contributed by atoms with van der Waals surface area (Å²) >= 11 is 0. The lowest BCUT2D eigenvalue weighted by atomic mass is 9.96. The first-order valence-corrected chi connectivity index (χ1v) is 8.93. The third-order valence-electron chi connectivity index (χ3n) is 5.13. The highest BCUT2D eigenvalue weighted by Gasteiger charge is 2.26. The van der Waals surface area contributed by atoms with E-state index in [9.17, 15) is 14.9 Å². The molecular formula is C18H26N4O3. The molecule has 1 aliphatic heterocycles. The molecule has 7 nitrogen and oxygen atoms in total. The van der Waals surface area contributed by atoms with Crippen LogP contribution < -0.4 is 10.2 Å². The van der Waals surface area contributed by atoms with Crippen LogP contribution in [-0.4, -0.2) is 55.5 Å². The number of anilines is 1. The number of amides is 1. The van der Waals surface area contributed by atoms with E-state index in [-0.39, 0.29) is 17.6 Å². The van der Waals surface area contributed by atoms with E-state index in [1.54, 1.807) is 12.1 Å². The van der Waals surface area contributed by atoms with Crippen molar-refractivity contribution < 1.29 is 9.72 Å². The molecule has 1 saturated heterocycles. The smallest absolute Gasteiger partial charge is 0.293 e. The summed E-state index contributed by atoms with van der Waals surface area (Å²) < 4.78 is 0. The average Bonchev–Trinajstić information content (AvgIpc) is 3.40. The number of carbonyl (C=O) groups excluding carboxylic acids is 1. The lowest BCUT2D eigenvalue weighted by Crippen LogP contribution is -2.36. The molecule has 7 heteroatoms. The number of likely N-dealkylation sites (tertiary alicyclic amines) is 1. The van der Waals surface area contributed by atoms with Gasteiger partial charge in [0.05, 0.1) is 4.92 Å². The van der Waals surface area contributed by atoms with E-state index in [0.29, 0.717) is 17.2 Å². The number of nitro groups is 1. The number of piperidine rings is 1. The van der Waals surface area contributed by atoms with Gasteiger partial charge in [-0.15, -0.1) is 0 Å². The number of benzene rings is 1. The molecule has 1 N–H and O–H groups in total. The third kappa shape index (κ3) is 4.48. The highest BCUT2D eigenvalue weighted by atomic mass is 16.6. The molecule has 1 saturated carbocycles. The first-order chi connectivity index (χ1) is 11.9. The molecule has 0 unspecified atom stereocenters. The van der Waals surface area contributed by atoms with Gasteiger partial charge in [-0.2, -0.15) is 0 Å². The zero-order valence-electron chi connectivity index (χ0n) is 14.9. The Kier molecular flexibility index (Phi) is 5.22. The second-order valence-electron chi connectivity index (χ2n) is 7.34. The number of nitro benzene ring substituents is 1. The maximum Gasteiger partial charge on any atom is 0.293 e. The predicted octanol–water partition coefficient (Wildman–Crippen LogP) is 2.26. The van der Waals surface area contributed by atoms with Gasteiger partial charge in [-0.05, 0) is 63.9 Å². The molecule has 0 atom stereocenters. The van der Waals surface area contributed by atoms with E-state index in [2.05, 4.69) is 17.3 Å². The molecule has 1 aromatic rings. The fourth-order valence-electron chi connectivity index (χ4n) is 3.36. The van der Waals surface area contributed by atoms with Crippen LogP contribution in [0.3, 0.4) is 0 Å². The fourth-order valence-corrected chi connectivity index (χ4v) is 3.36. The summed E-state index contributed by atoms with van der Waals surface area (Å²) in [5.41, 5.74) is 0.931. The second-order valence-corrected chi connectivity index (χ2v) is 7.34. The van der Waals surface area contributed by atoms with Crippen LogP contribution in [0.25, 0.3) is 0 Å². The maximum atomic E-state index is 12.1. The van der Waals surface area contributed by atoms with Gasteiger partial charge in [0.2, 0.25) is 0 Å². The molecule has 0 bridgehead atoms. The molecule has 25 heavy (non-hydrogen) atoms. The SMILES string of the molecule is CN1CCC(CN(C)c2ccc(C(=O)NC3CC3)cc2[N+](=O)[O-])CC1. The number of nitrogens with one attached hydrogen (secondary N) is 1. The minimum absolute atomic E-state index is 0.00104. The highest BCUT2D eigenvalue weighted by Crippen LogP contribution is 2.30. The Labute approximate surface area is 148 Å². The molecule has 1 heterocycles. The van der Waals surface area contributed by atoms with Crippen LogP contribution >= 0.6 is 0 Å². The largest absolute Gasteiger partial charge is 0.369 e. The molecule has 1 aliphatic carbocycles. The van der Waals surface area contributed by atoms with E-state index < -0.39 is 4.92 Å². The van der Waals surface area contributed by atoms with E-state index in [1.807, 2.05) is 11.9 Å². The Morgan fingerprint density at radius 2 is 2.00 bits per heavy atom. The van der Waals surface area contributed by atoms with Gasteiger partial charge in [-0.3, -0.25) is 14.9 Å². The molecule has 0 aromatic heterocycles. The first kappa shape index (κ1) is 17.7. The molecular weight excluding hydrogens is 320 g/mol. The summed E-state index contributed by atoms with van der Waals surface area (Å²) in [4.78, 5) is 27.5. The number of carbonyl (C=O) groups is 1. The predicted molar refractivity (Wildman–Crippen MR) is 97.1 cm³/mol. The van der Waals surface area contributed by atoms with Crippen LogP contribution in [0, 0.1) is 16.0 Å². The monoisotopic (exact) mass is 346 g/mol. The zero-order chi connectivity index (χ0) is 18.0. The number of hydrogen-bond donors (Lipinski definition) is 1. The lowest BCUT2D eigenvalue weighted by Gasteiger charge is -2.32. The molecule has 1 amide bonds. The normalized spacial score (nSPS) is 18.8. The molecule has 2 aliphatic rings. The van der Waals surface area contributed by atoms with Gasteiger partial charge in [0, 0.05) is 31.3 Å². The van der Waals surface area contributed by atoms with E-state index in [0.717, 1.165) is 45.3 Å². The standard InChI is InChI=1S/C18H26N4O3/c1-20-9-7-13(8-10-20)12-21(2)16-6-3-14(11-17(16)22(24)25)18(23)19-15-4-5-15/h3,6,11,13,15H,4-5,7-10,12H2,1-2H3,(H,19,23). The summed E-state index contributed by atoms with van der Waals surface area (Å²) in [6.07, 6.45) is 4.20. The van der Waals surface area contributed by atoms with Gasteiger partial charge in [0.15, 0.2) is 0 Å². The maximum absolute atomic E-state index is 12.1. The van der Waals surface area contributed by atoms with E-state index in [1.165, 1.54) is 6.07 Å². The summed E-state index contributed by atoms with van der Waals surface area (Å²) in [6.45, 7) is 2.93. The van der Waals surface area contributed by atoms with Gasteiger partial charge in [0.25, 0.3) is 11.6 Å². The zero-order valence-corrected chi connectivity index (χ0v) is 14.9. The van der Waals surface area contributed by atoms with Crippen molar-refractivity contribution in [3.05, 3.63) is 33.9 Å². The Hall–Kier alpha value is -2.15. The van der Waals surface area contributed by atoms with Gasteiger partial charge in [-0.25, -0.2) is 0 Å². The number of rotatable bonds is 6. The van der Waals surface area contributed by atoms with Crippen molar-refractivity contribution in [1.82, 2.24) is 10.2 Å². The topological polar surface area (TPSA) is 78.7 Å². The van der Waals surface area contributed by atoms with Crippen molar-refractivity contribution in [2.75, 3.05) is 38.6 Å². The summed E-state index contributed by atoms with van der Waals surface area (Å²) in [5, 5.41) is 14.4. The van der Waals surface area contributed by atoms with Crippen LogP contribution in [0.1, 0.15) is 36.0 Å². The Balaban J connectivity index is 1.72.